The third kappa shape index (κ3) is 3.90. The molecule has 1 amide bonds. The van der Waals surface area contributed by atoms with Gasteiger partial charge in [-0.2, -0.15) is 0 Å². The highest BCUT2D eigenvalue weighted by Crippen LogP contribution is 2.35. The number of carbonyl (C=O) groups excluding carboxylic acids is 1. The summed E-state index contributed by atoms with van der Waals surface area (Å²) in [5, 5.41) is 13.7. The van der Waals surface area contributed by atoms with Gasteiger partial charge in [-0.05, 0) is 30.7 Å². The number of aryl methyl sites for hydroxylation is 1. The molecule has 2 aromatic rings. The van der Waals surface area contributed by atoms with Crippen LogP contribution in [-0.4, -0.2) is 24.0 Å². The number of benzene rings is 2. The van der Waals surface area contributed by atoms with Gasteiger partial charge in [0.1, 0.15) is 13.2 Å². The lowest BCUT2D eigenvalue weighted by Crippen LogP contribution is -2.17. The molecular formula is C17H15BrN2O5. The number of rotatable bonds is 4. The molecule has 2 aromatic carbocycles. The minimum absolute atomic E-state index is 0.0293. The molecule has 0 atom stereocenters. The number of hydrogen-bond acceptors (Lipinski definition) is 5. The summed E-state index contributed by atoms with van der Waals surface area (Å²) < 4.78 is 11.7. The maximum absolute atomic E-state index is 12.3. The molecule has 130 valence electrons. The average molecular weight is 407 g/mol. The van der Waals surface area contributed by atoms with E-state index in [9.17, 15) is 14.9 Å². The fourth-order valence-electron chi connectivity index (χ4n) is 2.50. The van der Waals surface area contributed by atoms with Crippen molar-refractivity contribution in [2.75, 3.05) is 18.5 Å². The van der Waals surface area contributed by atoms with Crippen molar-refractivity contribution in [2.45, 2.75) is 13.3 Å². The zero-order chi connectivity index (χ0) is 18.0. The molecule has 0 unspecified atom stereocenters. The van der Waals surface area contributed by atoms with Crippen molar-refractivity contribution in [2.24, 2.45) is 0 Å². The van der Waals surface area contributed by atoms with Crippen LogP contribution < -0.4 is 14.8 Å². The molecule has 0 saturated heterocycles. The number of carbonyl (C=O) groups is 1. The first-order valence-electron chi connectivity index (χ1n) is 7.57. The van der Waals surface area contributed by atoms with Gasteiger partial charge >= 0.3 is 0 Å². The average Bonchev–Trinajstić information content (AvgIpc) is 2.57. The second kappa shape index (κ2) is 7.10. The van der Waals surface area contributed by atoms with E-state index in [4.69, 9.17) is 9.47 Å². The fourth-order valence-corrected chi connectivity index (χ4v) is 2.97. The highest BCUT2D eigenvalue weighted by atomic mass is 79.9. The highest BCUT2D eigenvalue weighted by molar-refractivity contribution is 9.10. The molecule has 0 fully saturated rings. The number of nitrogens with one attached hydrogen (secondary N) is 1. The monoisotopic (exact) mass is 406 g/mol. The van der Waals surface area contributed by atoms with Crippen LogP contribution in [0.15, 0.2) is 34.8 Å². The zero-order valence-corrected chi connectivity index (χ0v) is 15.0. The lowest BCUT2D eigenvalue weighted by molar-refractivity contribution is -0.385. The Balaban J connectivity index is 1.75. The molecular weight excluding hydrogens is 392 g/mol. The van der Waals surface area contributed by atoms with E-state index >= 15 is 0 Å². The Morgan fingerprint density at radius 1 is 1.24 bits per heavy atom. The number of halogens is 1. The summed E-state index contributed by atoms with van der Waals surface area (Å²) in [4.78, 5) is 22.8. The van der Waals surface area contributed by atoms with E-state index in [1.165, 1.54) is 6.07 Å². The molecule has 1 heterocycles. The Morgan fingerprint density at radius 2 is 1.92 bits per heavy atom. The largest absolute Gasteiger partial charge is 0.486 e. The van der Waals surface area contributed by atoms with Crippen molar-refractivity contribution in [1.82, 2.24) is 0 Å². The van der Waals surface area contributed by atoms with E-state index in [1.54, 1.807) is 31.2 Å². The number of anilines is 1. The zero-order valence-electron chi connectivity index (χ0n) is 13.4. The Labute approximate surface area is 152 Å². The van der Waals surface area contributed by atoms with Crippen LogP contribution in [0, 0.1) is 17.0 Å². The summed E-state index contributed by atoms with van der Waals surface area (Å²) in [6.07, 6.45) is 0.0961. The number of hydrogen-bond donors (Lipinski definition) is 1. The SMILES string of the molecule is Cc1ccc(NC(=O)Cc2cc3c(cc2Br)OCCO3)cc1[N+](=O)[O-]. The van der Waals surface area contributed by atoms with Gasteiger partial charge in [-0.25, -0.2) is 0 Å². The topological polar surface area (TPSA) is 90.7 Å². The first-order valence-corrected chi connectivity index (χ1v) is 8.36. The van der Waals surface area contributed by atoms with Crippen LogP contribution in [0.25, 0.3) is 0 Å². The maximum atomic E-state index is 12.3. The van der Waals surface area contributed by atoms with Crippen LogP contribution in [-0.2, 0) is 11.2 Å². The second-order valence-electron chi connectivity index (χ2n) is 5.57. The first-order chi connectivity index (χ1) is 11.9. The van der Waals surface area contributed by atoms with Gasteiger partial charge in [0.05, 0.1) is 11.3 Å². The van der Waals surface area contributed by atoms with Gasteiger partial charge in [-0.15, -0.1) is 0 Å². The second-order valence-corrected chi connectivity index (χ2v) is 6.42. The van der Waals surface area contributed by atoms with Crippen LogP contribution in [0.2, 0.25) is 0 Å². The van der Waals surface area contributed by atoms with Gasteiger partial charge < -0.3 is 14.8 Å². The molecule has 1 N–H and O–H groups in total. The van der Waals surface area contributed by atoms with E-state index < -0.39 is 4.92 Å². The molecule has 0 aliphatic carbocycles. The number of ether oxygens (including phenoxy) is 2. The van der Waals surface area contributed by atoms with Crippen molar-refractivity contribution in [1.29, 1.82) is 0 Å². The van der Waals surface area contributed by atoms with Gasteiger partial charge in [-0.1, -0.05) is 22.0 Å². The van der Waals surface area contributed by atoms with Crippen LogP contribution in [0.4, 0.5) is 11.4 Å². The van der Waals surface area contributed by atoms with Crippen molar-refractivity contribution in [3.63, 3.8) is 0 Å². The molecule has 0 saturated carbocycles. The number of nitro groups is 1. The summed E-state index contributed by atoms with van der Waals surface area (Å²) in [6.45, 7) is 2.61. The summed E-state index contributed by atoms with van der Waals surface area (Å²) in [5.74, 6) is 0.954. The molecule has 25 heavy (non-hydrogen) atoms. The van der Waals surface area contributed by atoms with Crippen molar-refractivity contribution < 1.29 is 19.2 Å². The van der Waals surface area contributed by atoms with Crippen LogP contribution in [0.5, 0.6) is 11.5 Å². The molecule has 0 radical (unpaired) electrons. The molecule has 1 aliphatic heterocycles. The molecule has 8 heteroatoms. The van der Waals surface area contributed by atoms with Crippen LogP contribution in [0.1, 0.15) is 11.1 Å². The quantitative estimate of drug-likeness (QED) is 0.618. The van der Waals surface area contributed by atoms with E-state index in [2.05, 4.69) is 21.2 Å². The first kappa shape index (κ1) is 17.2. The fraction of sp³-hybridized carbons (Fsp3) is 0.235. The summed E-state index contributed by atoms with van der Waals surface area (Å²) >= 11 is 3.42. The van der Waals surface area contributed by atoms with E-state index in [1.807, 2.05) is 0 Å². The Hall–Kier alpha value is -2.61. The Kier molecular flexibility index (Phi) is 4.89. The Bertz CT molecular complexity index is 853. The predicted molar refractivity (Wildman–Crippen MR) is 95.3 cm³/mol. The molecule has 3 rings (SSSR count). The Morgan fingerprint density at radius 3 is 2.60 bits per heavy atom. The maximum Gasteiger partial charge on any atom is 0.274 e. The molecule has 1 aliphatic rings. The van der Waals surface area contributed by atoms with Gasteiger partial charge in [-0.3, -0.25) is 14.9 Å². The summed E-state index contributed by atoms with van der Waals surface area (Å²) in [6, 6.07) is 8.13. The molecule has 0 spiro atoms. The summed E-state index contributed by atoms with van der Waals surface area (Å²) in [7, 11) is 0. The number of nitrogens with zero attached hydrogens (tertiary/aromatic N) is 1. The predicted octanol–water partition coefficient (Wildman–Crippen LogP) is 3.62. The molecule has 7 nitrogen and oxygen atoms in total. The van der Waals surface area contributed by atoms with Crippen LogP contribution in [0.3, 0.4) is 0 Å². The number of nitro benzene ring substituents is 1. The van der Waals surface area contributed by atoms with Gasteiger partial charge in [0.2, 0.25) is 5.91 Å². The van der Waals surface area contributed by atoms with Crippen LogP contribution >= 0.6 is 15.9 Å². The standard InChI is InChI=1S/C17H15BrN2O5/c1-10-2-3-12(8-14(10)20(22)23)19-17(21)7-11-6-15-16(9-13(11)18)25-5-4-24-15/h2-3,6,8-9H,4-5,7H2,1H3,(H,19,21). The number of fused-ring (bicyclic) bond motifs is 1. The van der Waals surface area contributed by atoms with Crippen molar-refractivity contribution >= 4 is 33.2 Å². The van der Waals surface area contributed by atoms with E-state index in [0.29, 0.717) is 36.0 Å². The normalized spacial score (nSPS) is 12.6. The van der Waals surface area contributed by atoms with E-state index in [0.717, 1.165) is 10.0 Å². The lowest BCUT2D eigenvalue weighted by atomic mass is 10.1. The number of amides is 1. The third-order valence-electron chi connectivity index (χ3n) is 3.75. The lowest BCUT2D eigenvalue weighted by Gasteiger charge is -2.19. The summed E-state index contributed by atoms with van der Waals surface area (Å²) in [5.41, 5.74) is 1.63. The molecule has 0 bridgehead atoms. The third-order valence-corrected chi connectivity index (χ3v) is 4.49. The van der Waals surface area contributed by atoms with Gasteiger partial charge in [0.15, 0.2) is 11.5 Å². The highest BCUT2D eigenvalue weighted by Gasteiger charge is 2.17. The smallest absolute Gasteiger partial charge is 0.274 e. The van der Waals surface area contributed by atoms with E-state index in [-0.39, 0.29) is 18.0 Å². The minimum Gasteiger partial charge on any atom is -0.486 e. The van der Waals surface area contributed by atoms with Crippen molar-refractivity contribution in [3.8, 4) is 11.5 Å². The van der Waals surface area contributed by atoms with Gasteiger partial charge in [0.25, 0.3) is 5.69 Å². The molecule has 0 aromatic heterocycles. The minimum atomic E-state index is -0.470. The van der Waals surface area contributed by atoms with Gasteiger partial charge in [0, 0.05) is 21.8 Å². The van der Waals surface area contributed by atoms with Crippen molar-refractivity contribution in [3.05, 3.63) is 56.0 Å².